The highest BCUT2D eigenvalue weighted by Crippen LogP contribution is 2.16. The van der Waals surface area contributed by atoms with Gasteiger partial charge in [0.05, 0.1) is 11.7 Å². The Morgan fingerprint density at radius 2 is 2.50 bits per heavy atom. The van der Waals surface area contributed by atoms with Gasteiger partial charge in [-0.2, -0.15) is 0 Å². The standard InChI is InChI=1S/C11H19N3/c1-3-5-10-8-14-7-4-6-12-9(2)11(14)13-10/h8-9,12H,3-7H2,1-2H3/t9-/m1/s1. The normalized spacial score (nSPS) is 21.7. The molecule has 0 aliphatic carbocycles. The van der Waals surface area contributed by atoms with Crippen LogP contribution in [0, 0.1) is 0 Å². The van der Waals surface area contributed by atoms with E-state index in [4.69, 9.17) is 0 Å². The van der Waals surface area contributed by atoms with E-state index in [9.17, 15) is 0 Å². The van der Waals surface area contributed by atoms with Crippen LogP contribution in [0.15, 0.2) is 6.20 Å². The van der Waals surface area contributed by atoms with Gasteiger partial charge in [0.1, 0.15) is 5.82 Å². The van der Waals surface area contributed by atoms with Crippen molar-refractivity contribution < 1.29 is 0 Å². The molecule has 1 aromatic heterocycles. The van der Waals surface area contributed by atoms with E-state index in [-0.39, 0.29) is 0 Å². The summed E-state index contributed by atoms with van der Waals surface area (Å²) >= 11 is 0. The van der Waals surface area contributed by atoms with Gasteiger partial charge in [0.15, 0.2) is 0 Å². The van der Waals surface area contributed by atoms with Crippen LogP contribution in [0.3, 0.4) is 0 Å². The first-order valence-electron chi connectivity index (χ1n) is 5.60. The number of aromatic nitrogens is 2. The topological polar surface area (TPSA) is 29.9 Å². The first-order chi connectivity index (χ1) is 6.81. The predicted molar refractivity (Wildman–Crippen MR) is 57.3 cm³/mol. The van der Waals surface area contributed by atoms with Crippen molar-refractivity contribution in [1.29, 1.82) is 0 Å². The monoisotopic (exact) mass is 193 g/mol. The zero-order valence-corrected chi connectivity index (χ0v) is 9.08. The lowest BCUT2D eigenvalue weighted by Gasteiger charge is -2.08. The second-order valence-electron chi connectivity index (χ2n) is 4.06. The first kappa shape index (κ1) is 9.71. The fraction of sp³-hybridized carbons (Fsp3) is 0.727. The van der Waals surface area contributed by atoms with E-state index in [0.717, 1.165) is 19.5 Å². The molecule has 0 unspecified atom stereocenters. The zero-order chi connectivity index (χ0) is 9.97. The van der Waals surface area contributed by atoms with E-state index in [0.29, 0.717) is 6.04 Å². The number of aryl methyl sites for hydroxylation is 2. The average molecular weight is 193 g/mol. The minimum absolute atomic E-state index is 0.406. The minimum Gasteiger partial charge on any atom is -0.333 e. The number of nitrogens with zero attached hydrogens (tertiary/aromatic N) is 2. The third-order valence-corrected chi connectivity index (χ3v) is 2.78. The Kier molecular flexibility index (Phi) is 2.87. The number of imidazole rings is 1. The van der Waals surface area contributed by atoms with Gasteiger partial charge >= 0.3 is 0 Å². The Hall–Kier alpha value is -0.830. The molecule has 1 N–H and O–H groups in total. The smallest absolute Gasteiger partial charge is 0.125 e. The molecule has 1 aromatic rings. The van der Waals surface area contributed by atoms with Gasteiger partial charge in [-0.3, -0.25) is 0 Å². The lowest BCUT2D eigenvalue weighted by atomic mass is 10.3. The fourth-order valence-corrected chi connectivity index (χ4v) is 2.05. The van der Waals surface area contributed by atoms with Crippen molar-refractivity contribution >= 4 is 0 Å². The van der Waals surface area contributed by atoms with Gasteiger partial charge in [0, 0.05) is 12.7 Å². The molecule has 0 aromatic carbocycles. The van der Waals surface area contributed by atoms with Crippen LogP contribution in [-0.2, 0) is 13.0 Å². The maximum Gasteiger partial charge on any atom is 0.125 e. The highest BCUT2D eigenvalue weighted by molar-refractivity contribution is 5.08. The lowest BCUT2D eigenvalue weighted by Crippen LogP contribution is -2.18. The summed E-state index contributed by atoms with van der Waals surface area (Å²) in [6.45, 7) is 6.61. The Labute approximate surface area is 85.5 Å². The molecule has 14 heavy (non-hydrogen) atoms. The lowest BCUT2D eigenvalue weighted by molar-refractivity contribution is 0.569. The molecule has 1 aliphatic rings. The van der Waals surface area contributed by atoms with Crippen molar-refractivity contribution in [3.63, 3.8) is 0 Å². The highest BCUT2D eigenvalue weighted by atomic mass is 15.1. The SMILES string of the molecule is CCCc1cn2c(n1)[C@@H](C)NCCC2. The Morgan fingerprint density at radius 3 is 3.29 bits per heavy atom. The number of fused-ring (bicyclic) bond motifs is 1. The molecular formula is C11H19N3. The molecular weight excluding hydrogens is 174 g/mol. The van der Waals surface area contributed by atoms with E-state index >= 15 is 0 Å². The van der Waals surface area contributed by atoms with Gasteiger partial charge in [0.25, 0.3) is 0 Å². The summed E-state index contributed by atoms with van der Waals surface area (Å²) in [4.78, 5) is 4.68. The molecule has 3 nitrogen and oxygen atoms in total. The summed E-state index contributed by atoms with van der Waals surface area (Å²) in [5, 5.41) is 3.47. The van der Waals surface area contributed by atoms with Crippen molar-refractivity contribution in [3.05, 3.63) is 17.7 Å². The van der Waals surface area contributed by atoms with Crippen LogP contribution in [0.4, 0.5) is 0 Å². The first-order valence-corrected chi connectivity index (χ1v) is 5.60. The van der Waals surface area contributed by atoms with Crippen LogP contribution in [0.2, 0.25) is 0 Å². The van der Waals surface area contributed by atoms with Crippen LogP contribution in [0.5, 0.6) is 0 Å². The second-order valence-corrected chi connectivity index (χ2v) is 4.06. The molecule has 3 heteroatoms. The van der Waals surface area contributed by atoms with Gasteiger partial charge in [-0.1, -0.05) is 13.3 Å². The van der Waals surface area contributed by atoms with Crippen molar-refractivity contribution in [2.75, 3.05) is 6.54 Å². The maximum absolute atomic E-state index is 4.68. The van der Waals surface area contributed by atoms with E-state index in [1.807, 2.05) is 0 Å². The van der Waals surface area contributed by atoms with E-state index in [2.05, 4.69) is 34.9 Å². The van der Waals surface area contributed by atoms with Crippen molar-refractivity contribution in [2.45, 2.75) is 45.7 Å². The highest BCUT2D eigenvalue weighted by Gasteiger charge is 2.16. The number of nitrogens with one attached hydrogen (secondary N) is 1. The van der Waals surface area contributed by atoms with E-state index in [1.165, 1.54) is 24.4 Å². The minimum atomic E-state index is 0.406. The summed E-state index contributed by atoms with van der Waals surface area (Å²) in [5.41, 5.74) is 1.25. The van der Waals surface area contributed by atoms with Crippen molar-refractivity contribution in [3.8, 4) is 0 Å². The summed E-state index contributed by atoms with van der Waals surface area (Å²) < 4.78 is 2.32. The van der Waals surface area contributed by atoms with Crippen LogP contribution < -0.4 is 5.32 Å². The van der Waals surface area contributed by atoms with Crippen molar-refractivity contribution in [2.24, 2.45) is 0 Å². The van der Waals surface area contributed by atoms with Crippen LogP contribution >= 0.6 is 0 Å². The molecule has 1 aliphatic heterocycles. The molecule has 0 radical (unpaired) electrons. The molecule has 0 saturated heterocycles. The largest absolute Gasteiger partial charge is 0.333 e. The van der Waals surface area contributed by atoms with E-state index < -0.39 is 0 Å². The van der Waals surface area contributed by atoms with E-state index in [1.54, 1.807) is 0 Å². The van der Waals surface area contributed by atoms with Gasteiger partial charge in [-0.15, -0.1) is 0 Å². The Balaban J connectivity index is 2.24. The van der Waals surface area contributed by atoms with Crippen LogP contribution in [0.1, 0.15) is 44.2 Å². The molecule has 2 heterocycles. The number of rotatable bonds is 2. The molecule has 0 bridgehead atoms. The Bertz CT molecular complexity index is 303. The molecule has 78 valence electrons. The molecule has 0 amide bonds. The van der Waals surface area contributed by atoms with Crippen LogP contribution in [0.25, 0.3) is 0 Å². The summed E-state index contributed by atoms with van der Waals surface area (Å²) in [7, 11) is 0. The fourth-order valence-electron chi connectivity index (χ4n) is 2.05. The molecule has 0 spiro atoms. The number of hydrogen-bond acceptors (Lipinski definition) is 2. The maximum atomic E-state index is 4.68. The van der Waals surface area contributed by atoms with Gasteiger partial charge < -0.3 is 9.88 Å². The van der Waals surface area contributed by atoms with Gasteiger partial charge in [0.2, 0.25) is 0 Å². The predicted octanol–water partition coefficient (Wildman–Crippen LogP) is 1.89. The van der Waals surface area contributed by atoms with Gasteiger partial charge in [-0.05, 0) is 26.3 Å². The number of hydrogen-bond donors (Lipinski definition) is 1. The molecule has 0 saturated carbocycles. The average Bonchev–Trinajstić information content (AvgIpc) is 2.49. The molecule has 2 rings (SSSR count). The third kappa shape index (κ3) is 1.82. The van der Waals surface area contributed by atoms with Crippen molar-refractivity contribution in [1.82, 2.24) is 14.9 Å². The summed E-state index contributed by atoms with van der Waals surface area (Å²) in [6, 6.07) is 0.406. The summed E-state index contributed by atoms with van der Waals surface area (Å²) in [6.07, 6.45) is 5.71. The summed E-state index contributed by atoms with van der Waals surface area (Å²) in [5.74, 6) is 1.21. The van der Waals surface area contributed by atoms with Gasteiger partial charge in [-0.25, -0.2) is 4.98 Å². The quantitative estimate of drug-likeness (QED) is 0.777. The third-order valence-electron chi connectivity index (χ3n) is 2.78. The second kappa shape index (κ2) is 4.13. The zero-order valence-electron chi connectivity index (χ0n) is 9.08. The van der Waals surface area contributed by atoms with Crippen LogP contribution in [-0.4, -0.2) is 16.1 Å². The molecule has 0 fully saturated rings. The molecule has 1 atom stereocenters. The Morgan fingerprint density at radius 1 is 1.64 bits per heavy atom.